The Morgan fingerprint density at radius 1 is 1.33 bits per heavy atom. The van der Waals surface area contributed by atoms with E-state index in [-0.39, 0.29) is 22.8 Å². The Balaban J connectivity index is 2.02. The van der Waals surface area contributed by atoms with Gasteiger partial charge in [0.15, 0.2) is 0 Å². The van der Waals surface area contributed by atoms with Crippen molar-refractivity contribution in [2.45, 2.75) is 6.42 Å². The van der Waals surface area contributed by atoms with Crippen molar-refractivity contribution < 1.29 is 14.6 Å². The van der Waals surface area contributed by atoms with Crippen LogP contribution in [-0.4, -0.2) is 39.7 Å². The van der Waals surface area contributed by atoms with Gasteiger partial charge in [-0.05, 0) is 29.7 Å². The molecule has 0 fully saturated rings. The van der Waals surface area contributed by atoms with Crippen LogP contribution in [0, 0.1) is 0 Å². The Morgan fingerprint density at radius 2 is 2.10 bits per heavy atom. The number of anilines is 1. The molecule has 0 radical (unpaired) electrons. The minimum absolute atomic E-state index is 0.0234. The standard InChI is InChI=1S/C13H13ClN4O3/c1-21-13-17-11(14)16-12(18-13)15-7-6-8-4-2-3-5-9(8)10(19)20/h2-5H,6-7H2,1H3,(H,19,20)(H,15,16,17,18). The quantitative estimate of drug-likeness (QED) is 0.841. The number of aromatic carboxylic acids is 1. The van der Waals surface area contributed by atoms with Gasteiger partial charge >= 0.3 is 12.0 Å². The Kier molecular flexibility index (Phi) is 4.89. The summed E-state index contributed by atoms with van der Waals surface area (Å²) >= 11 is 5.73. The Morgan fingerprint density at radius 3 is 2.81 bits per heavy atom. The second-order valence-electron chi connectivity index (χ2n) is 4.05. The normalized spacial score (nSPS) is 10.2. The van der Waals surface area contributed by atoms with Crippen LogP contribution in [0.3, 0.4) is 0 Å². The smallest absolute Gasteiger partial charge is 0.335 e. The summed E-state index contributed by atoms with van der Waals surface area (Å²) in [7, 11) is 1.43. The molecule has 1 aromatic heterocycles. The molecule has 1 aromatic carbocycles. The summed E-state index contributed by atoms with van der Waals surface area (Å²) in [4.78, 5) is 22.7. The molecule has 0 aliphatic carbocycles. The SMILES string of the molecule is COc1nc(Cl)nc(NCCc2ccccc2C(=O)O)n1. The van der Waals surface area contributed by atoms with Crippen molar-refractivity contribution in [3.63, 3.8) is 0 Å². The molecule has 0 aliphatic heterocycles. The summed E-state index contributed by atoms with van der Waals surface area (Å²) in [5.41, 5.74) is 1.01. The minimum Gasteiger partial charge on any atom is -0.478 e. The molecule has 2 rings (SSSR count). The predicted octanol–water partition coefficient (Wildman–Crippen LogP) is 1.89. The van der Waals surface area contributed by atoms with Crippen molar-refractivity contribution in [3.05, 3.63) is 40.7 Å². The van der Waals surface area contributed by atoms with E-state index in [1.165, 1.54) is 7.11 Å². The molecular weight excluding hydrogens is 296 g/mol. The molecule has 0 aliphatic rings. The number of hydrogen-bond acceptors (Lipinski definition) is 6. The van der Waals surface area contributed by atoms with E-state index in [0.29, 0.717) is 13.0 Å². The number of hydrogen-bond donors (Lipinski definition) is 2. The van der Waals surface area contributed by atoms with E-state index >= 15 is 0 Å². The second-order valence-corrected chi connectivity index (χ2v) is 4.39. The zero-order valence-corrected chi connectivity index (χ0v) is 12.0. The van der Waals surface area contributed by atoms with Crippen LogP contribution in [0.25, 0.3) is 0 Å². The Hall–Kier alpha value is -2.41. The second kappa shape index (κ2) is 6.85. The summed E-state index contributed by atoms with van der Waals surface area (Å²) < 4.78 is 4.89. The third-order valence-electron chi connectivity index (χ3n) is 2.70. The number of ether oxygens (including phenoxy) is 1. The summed E-state index contributed by atoms with van der Waals surface area (Å²) in [5, 5.41) is 12.1. The highest BCUT2D eigenvalue weighted by atomic mass is 35.5. The van der Waals surface area contributed by atoms with Gasteiger partial charge in [0.05, 0.1) is 12.7 Å². The van der Waals surface area contributed by atoms with Crippen LogP contribution in [-0.2, 0) is 6.42 Å². The van der Waals surface area contributed by atoms with Crippen molar-refractivity contribution in [1.29, 1.82) is 0 Å². The van der Waals surface area contributed by atoms with Crippen LogP contribution >= 0.6 is 11.6 Å². The summed E-state index contributed by atoms with van der Waals surface area (Å²) in [6.07, 6.45) is 0.508. The average Bonchev–Trinajstić information content (AvgIpc) is 2.47. The average molecular weight is 309 g/mol. The van der Waals surface area contributed by atoms with Crippen LogP contribution in [0.5, 0.6) is 6.01 Å². The highest BCUT2D eigenvalue weighted by molar-refractivity contribution is 6.28. The lowest BCUT2D eigenvalue weighted by atomic mass is 10.0. The first-order valence-electron chi connectivity index (χ1n) is 6.11. The van der Waals surface area contributed by atoms with Crippen molar-refractivity contribution >= 4 is 23.5 Å². The molecule has 7 nitrogen and oxygen atoms in total. The van der Waals surface area contributed by atoms with Gasteiger partial charge in [0.2, 0.25) is 11.2 Å². The zero-order chi connectivity index (χ0) is 15.2. The predicted molar refractivity (Wildman–Crippen MR) is 77.0 cm³/mol. The van der Waals surface area contributed by atoms with Crippen molar-refractivity contribution in [2.24, 2.45) is 0 Å². The lowest BCUT2D eigenvalue weighted by molar-refractivity contribution is 0.0695. The van der Waals surface area contributed by atoms with E-state index in [1.54, 1.807) is 24.3 Å². The van der Waals surface area contributed by atoms with Gasteiger partial charge in [-0.1, -0.05) is 18.2 Å². The third-order valence-corrected chi connectivity index (χ3v) is 2.86. The fourth-order valence-corrected chi connectivity index (χ4v) is 1.91. The number of methoxy groups -OCH3 is 1. The first-order valence-corrected chi connectivity index (χ1v) is 6.48. The van der Waals surface area contributed by atoms with E-state index in [1.807, 2.05) is 0 Å². The molecule has 0 saturated carbocycles. The van der Waals surface area contributed by atoms with Gasteiger partial charge in [-0.3, -0.25) is 0 Å². The number of nitrogens with one attached hydrogen (secondary N) is 1. The number of benzene rings is 1. The maximum absolute atomic E-state index is 11.1. The van der Waals surface area contributed by atoms with E-state index in [0.717, 1.165) is 5.56 Å². The van der Waals surface area contributed by atoms with Gasteiger partial charge in [-0.15, -0.1) is 0 Å². The van der Waals surface area contributed by atoms with Crippen LogP contribution < -0.4 is 10.1 Å². The zero-order valence-electron chi connectivity index (χ0n) is 11.2. The molecular formula is C13H13ClN4O3. The number of halogens is 1. The van der Waals surface area contributed by atoms with Gasteiger partial charge in [0.1, 0.15) is 0 Å². The monoisotopic (exact) mass is 308 g/mol. The van der Waals surface area contributed by atoms with Crippen LogP contribution in [0.1, 0.15) is 15.9 Å². The minimum atomic E-state index is -0.949. The van der Waals surface area contributed by atoms with E-state index < -0.39 is 5.97 Å². The molecule has 2 N–H and O–H groups in total. The van der Waals surface area contributed by atoms with Crippen LogP contribution in [0.15, 0.2) is 24.3 Å². The number of aromatic nitrogens is 3. The number of carbonyl (C=O) groups is 1. The molecule has 0 unspecified atom stereocenters. The lowest BCUT2D eigenvalue weighted by Crippen LogP contribution is -2.11. The lowest BCUT2D eigenvalue weighted by Gasteiger charge is -2.08. The fourth-order valence-electron chi connectivity index (χ4n) is 1.76. The third kappa shape index (κ3) is 4.03. The van der Waals surface area contributed by atoms with Gasteiger partial charge in [-0.25, -0.2) is 4.79 Å². The molecule has 0 saturated heterocycles. The largest absolute Gasteiger partial charge is 0.478 e. The first kappa shape index (κ1) is 15.0. The summed E-state index contributed by atoms with van der Waals surface area (Å²) in [5.74, 6) is -0.671. The van der Waals surface area contributed by atoms with E-state index in [9.17, 15) is 4.79 Å². The van der Waals surface area contributed by atoms with Gasteiger partial charge in [-0.2, -0.15) is 15.0 Å². The van der Waals surface area contributed by atoms with Gasteiger partial charge in [0, 0.05) is 6.54 Å². The molecule has 1 heterocycles. The van der Waals surface area contributed by atoms with E-state index in [4.69, 9.17) is 21.4 Å². The first-order chi connectivity index (χ1) is 10.1. The Bertz CT molecular complexity index is 651. The fraction of sp³-hybridized carbons (Fsp3) is 0.231. The number of rotatable bonds is 6. The van der Waals surface area contributed by atoms with Crippen molar-refractivity contribution in [1.82, 2.24) is 15.0 Å². The highest BCUT2D eigenvalue weighted by Crippen LogP contribution is 2.12. The van der Waals surface area contributed by atoms with E-state index in [2.05, 4.69) is 20.3 Å². The van der Waals surface area contributed by atoms with Crippen molar-refractivity contribution in [2.75, 3.05) is 19.0 Å². The molecule has 0 amide bonds. The van der Waals surface area contributed by atoms with Crippen LogP contribution in [0.2, 0.25) is 5.28 Å². The summed E-state index contributed by atoms with van der Waals surface area (Å²) in [6, 6.07) is 6.94. The van der Waals surface area contributed by atoms with Gasteiger partial charge < -0.3 is 15.2 Å². The molecule has 0 atom stereocenters. The molecule has 8 heteroatoms. The molecule has 0 bridgehead atoms. The Labute approximate surface area is 126 Å². The highest BCUT2D eigenvalue weighted by Gasteiger charge is 2.09. The molecule has 2 aromatic rings. The number of nitrogens with zero attached hydrogens (tertiary/aromatic N) is 3. The maximum Gasteiger partial charge on any atom is 0.335 e. The number of carboxylic acid groups (broad SMARTS) is 1. The molecule has 110 valence electrons. The van der Waals surface area contributed by atoms with Crippen molar-refractivity contribution in [3.8, 4) is 6.01 Å². The number of carboxylic acids is 1. The molecule has 21 heavy (non-hydrogen) atoms. The van der Waals surface area contributed by atoms with Crippen LogP contribution in [0.4, 0.5) is 5.95 Å². The molecule has 0 spiro atoms. The van der Waals surface area contributed by atoms with Gasteiger partial charge in [0.25, 0.3) is 0 Å². The topological polar surface area (TPSA) is 97.2 Å². The maximum atomic E-state index is 11.1. The summed E-state index contributed by atoms with van der Waals surface area (Å²) in [6.45, 7) is 0.452.